The number of hydrogen-bond acceptors (Lipinski definition) is 3. The van der Waals surface area contributed by atoms with Crippen molar-refractivity contribution in [1.82, 2.24) is 0 Å². The summed E-state index contributed by atoms with van der Waals surface area (Å²) in [6.07, 6.45) is 2.15. The zero-order valence-electron chi connectivity index (χ0n) is 17.4. The van der Waals surface area contributed by atoms with E-state index in [2.05, 4.69) is 72.8 Å². The van der Waals surface area contributed by atoms with Crippen molar-refractivity contribution in [3.8, 4) is 0 Å². The van der Waals surface area contributed by atoms with Gasteiger partial charge in [-0.2, -0.15) is 0 Å². The van der Waals surface area contributed by atoms with Gasteiger partial charge >= 0.3 is 5.97 Å². The van der Waals surface area contributed by atoms with Crippen molar-refractivity contribution in [2.45, 2.75) is 37.8 Å². The topological polar surface area (TPSA) is 35.5 Å². The molecule has 30 heavy (non-hydrogen) atoms. The van der Waals surface area contributed by atoms with Crippen molar-refractivity contribution >= 4 is 24.7 Å². The zero-order valence-corrected chi connectivity index (χ0v) is 18.4. The molecule has 1 aliphatic heterocycles. The first-order chi connectivity index (χ1) is 14.7. The quantitative estimate of drug-likeness (QED) is 0.416. The maximum absolute atomic E-state index is 12.2. The van der Waals surface area contributed by atoms with E-state index in [0.29, 0.717) is 13.0 Å². The smallest absolute Gasteiger partial charge is 0.305 e. The van der Waals surface area contributed by atoms with Crippen molar-refractivity contribution in [2.24, 2.45) is 0 Å². The predicted molar refractivity (Wildman–Crippen MR) is 122 cm³/mol. The standard InChI is InChI=1S/C26H28O3Si/c1-2-28-26(27)19-18-24-20-25(21-12-6-3-7-13-21)29-30(24,22-14-8-4-9-15-22)23-16-10-5-11-17-23/h3-17,24-25H,2,18-20H2,1H3/t24-,25+/m1/s1. The third-order valence-electron chi connectivity index (χ3n) is 5.98. The fourth-order valence-corrected chi connectivity index (χ4v) is 9.55. The Labute approximate surface area is 179 Å². The van der Waals surface area contributed by atoms with Gasteiger partial charge in [0.1, 0.15) is 0 Å². The van der Waals surface area contributed by atoms with Gasteiger partial charge in [0.25, 0.3) is 8.32 Å². The molecule has 0 N–H and O–H groups in total. The lowest BCUT2D eigenvalue weighted by Gasteiger charge is -2.33. The van der Waals surface area contributed by atoms with Crippen LogP contribution in [0.25, 0.3) is 0 Å². The Balaban J connectivity index is 1.77. The van der Waals surface area contributed by atoms with Crippen LogP contribution in [-0.2, 0) is 14.0 Å². The van der Waals surface area contributed by atoms with E-state index in [1.54, 1.807) is 0 Å². The van der Waals surface area contributed by atoms with Crippen molar-refractivity contribution < 1.29 is 14.0 Å². The van der Waals surface area contributed by atoms with Gasteiger partial charge in [0.05, 0.1) is 12.7 Å². The van der Waals surface area contributed by atoms with E-state index >= 15 is 0 Å². The second kappa shape index (κ2) is 9.41. The van der Waals surface area contributed by atoms with Gasteiger partial charge in [0.15, 0.2) is 0 Å². The van der Waals surface area contributed by atoms with Crippen LogP contribution in [0.1, 0.15) is 37.9 Å². The lowest BCUT2D eigenvalue weighted by atomic mass is 10.0. The summed E-state index contributed by atoms with van der Waals surface area (Å²) in [4.78, 5) is 12.2. The van der Waals surface area contributed by atoms with Crippen LogP contribution in [0.15, 0.2) is 91.0 Å². The monoisotopic (exact) mass is 416 g/mol. The first-order valence-corrected chi connectivity index (χ1v) is 12.7. The Bertz CT molecular complexity index is 904. The molecule has 0 unspecified atom stereocenters. The van der Waals surface area contributed by atoms with Crippen LogP contribution in [0, 0.1) is 0 Å². The Morgan fingerprint density at radius 3 is 1.97 bits per heavy atom. The molecule has 154 valence electrons. The molecule has 0 radical (unpaired) electrons. The Kier molecular flexibility index (Phi) is 6.46. The molecule has 4 rings (SSSR count). The number of carbonyl (C=O) groups is 1. The number of ether oxygens (including phenoxy) is 1. The number of benzene rings is 3. The second-order valence-electron chi connectivity index (χ2n) is 7.76. The molecular weight excluding hydrogens is 388 g/mol. The average molecular weight is 417 g/mol. The maximum Gasteiger partial charge on any atom is 0.305 e. The summed E-state index contributed by atoms with van der Waals surface area (Å²) in [5.41, 5.74) is 1.50. The SMILES string of the molecule is CCOC(=O)CC[C@@H]1C[C@@H](c2ccccc2)O[Si]1(c1ccccc1)c1ccccc1. The van der Waals surface area contributed by atoms with Gasteiger partial charge in [-0.15, -0.1) is 0 Å². The van der Waals surface area contributed by atoms with Gasteiger partial charge in [-0.25, -0.2) is 0 Å². The van der Waals surface area contributed by atoms with E-state index in [4.69, 9.17) is 9.16 Å². The first kappa shape index (κ1) is 20.6. The van der Waals surface area contributed by atoms with Crippen LogP contribution in [0.4, 0.5) is 0 Å². The van der Waals surface area contributed by atoms with E-state index in [-0.39, 0.29) is 17.6 Å². The molecular formula is C26H28O3Si. The summed E-state index contributed by atoms with van der Waals surface area (Å²) in [7, 11) is -2.56. The molecule has 3 nitrogen and oxygen atoms in total. The zero-order chi connectivity index (χ0) is 20.8. The number of carbonyl (C=O) groups excluding carboxylic acids is 1. The average Bonchev–Trinajstić information content (AvgIpc) is 3.20. The second-order valence-corrected chi connectivity index (χ2v) is 11.4. The molecule has 0 spiro atoms. The van der Waals surface area contributed by atoms with Crippen molar-refractivity contribution in [2.75, 3.05) is 6.61 Å². The molecule has 1 fully saturated rings. The summed E-state index contributed by atoms with van der Waals surface area (Å²) in [5, 5.41) is 2.53. The van der Waals surface area contributed by atoms with Gasteiger partial charge in [0.2, 0.25) is 0 Å². The highest BCUT2D eigenvalue weighted by molar-refractivity contribution is 6.99. The number of rotatable bonds is 7. The maximum atomic E-state index is 12.2. The molecule has 0 saturated carbocycles. The molecule has 1 heterocycles. The molecule has 3 aromatic rings. The van der Waals surface area contributed by atoms with Gasteiger partial charge in [-0.05, 0) is 41.2 Å². The Morgan fingerprint density at radius 2 is 1.43 bits per heavy atom. The first-order valence-electron chi connectivity index (χ1n) is 10.7. The lowest BCUT2D eigenvalue weighted by molar-refractivity contribution is -0.143. The Morgan fingerprint density at radius 1 is 0.900 bits per heavy atom. The Hall–Kier alpha value is -2.69. The highest BCUT2D eigenvalue weighted by Crippen LogP contribution is 2.46. The predicted octanol–water partition coefficient (Wildman–Crippen LogP) is 4.62. The van der Waals surface area contributed by atoms with Crippen LogP contribution < -0.4 is 10.4 Å². The minimum atomic E-state index is -2.56. The normalized spacial score (nSPS) is 20.0. The van der Waals surface area contributed by atoms with Crippen molar-refractivity contribution in [3.63, 3.8) is 0 Å². The molecule has 1 saturated heterocycles. The van der Waals surface area contributed by atoms with E-state index in [1.807, 2.05) is 25.1 Å². The van der Waals surface area contributed by atoms with E-state index in [9.17, 15) is 4.79 Å². The minimum absolute atomic E-state index is 0.0328. The number of hydrogen-bond donors (Lipinski definition) is 0. The molecule has 0 aromatic heterocycles. The van der Waals surface area contributed by atoms with E-state index < -0.39 is 8.32 Å². The third kappa shape index (κ3) is 4.11. The highest BCUT2D eigenvalue weighted by atomic mass is 28.4. The lowest BCUT2D eigenvalue weighted by Crippen LogP contribution is -2.61. The van der Waals surface area contributed by atoms with Crippen LogP contribution in [0.5, 0.6) is 0 Å². The van der Waals surface area contributed by atoms with Gasteiger partial charge in [-0.1, -0.05) is 91.0 Å². The molecule has 0 bridgehead atoms. The van der Waals surface area contributed by atoms with Gasteiger partial charge in [0, 0.05) is 6.42 Å². The van der Waals surface area contributed by atoms with E-state index in [0.717, 1.165) is 12.8 Å². The fraction of sp³-hybridized carbons (Fsp3) is 0.269. The molecule has 3 aromatic carbocycles. The van der Waals surface area contributed by atoms with Crippen molar-refractivity contribution in [3.05, 3.63) is 96.6 Å². The summed E-state index contributed by atoms with van der Waals surface area (Å²) >= 11 is 0. The van der Waals surface area contributed by atoms with Gasteiger partial charge < -0.3 is 9.16 Å². The molecule has 0 amide bonds. The fourth-order valence-electron chi connectivity index (χ4n) is 4.66. The van der Waals surface area contributed by atoms with Gasteiger partial charge in [-0.3, -0.25) is 4.79 Å². The summed E-state index contributed by atoms with van der Waals surface area (Å²) < 4.78 is 12.3. The summed E-state index contributed by atoms with van der Waals surface area (Å²) in [6, 6.07) is 31.7. The number of esters is 1. The minimum Gasteiger partial charge on any atom is -0.466 e. The highest BCUT2D eigenvalue weighted by Gasteiger charge is 2.54. The molecule has 4 heteroatoms. The summed E-state index contributed by atoms with van der Waals surface area (Å²) in [6.45, 7) is 2.28. The third-order valence-corrected chi connectivity index (χ3v) is 10.7. The molecule has 0 aliphatic carbocycles. The largest absolute Gasteiger partial charge is 0.466 e. The summed E-state index contributed by atoms with van der Waals surface area (Å²) in [5.74, 6) is -0.121. The molecule has 1 aliphatic rings. The molecule has 2 atom stereocenters. The van der Waals surface area contributed by atoms with E-state index in [1.165, 1.54) is 15.9 Å². The van der Waals surface area contributed by atoms with Crippen LogP contribution >= 0.6 is 0 Å². The van der Waals surface area contributed by atoms with Crippen LogP contribution in [0.2, 0.25) is 5.54 Å². The van der Waals surface area contributed by atoms with Crippen LogP contribution in [0.3, 0.4) is 0 Å². The van der Waals surface area contributed by atoms with Crippen LogP contribution in [-0.4, -0.2) is 20.9 Å². The van der Waals surface area contributed by atoms with Crippen molar-refractivity contribution in [1.29, 1.82) is 0 Å².